The number of nitrogens with one attached hydrogen (secondary N) is 1. The van der Waals surface area contributed by atoms with Crippen LogP contribution in [0.5, 0.6) is 0 Å². The van der Waals surface area contributed by atoms with Crippen molar-refractivity contribution in [3.05, 3.63) is 47.2 Å². The molecule has 1 aliphatic rings. The molecule has 1 aliphatic carbocycles. The van der Waals surface area contributed by atoms with Crippen LogP contribution in [0.4, 0.5) is 5.82 Å². The summed E-state index contributed by atoms with van der Waals surface area (Å²) in [6.45, 7) is 3.00. The lowest BCUT2D eigenvalue weighted by molar-refractivity contribution is 0.656. The van der Waals surface area contributed by atoms with Crippen LogP contribution < -0.4 is 5.32 Å². The van der Waals surface area contributed by atoms with Crippen molar-refractivity contribution in [1.29, 1.82) is 0 Å². The van der Waals surface area contributed by atoms with E-state index in [9.17, 15) is 0 Å². The maximum Gasteiger partial charge on any atom is 0.136 e. The van der Waals surface area contributed by atoms with E-state index >= 15 is 0 Å². The maximum absolute atomic E-state index is 4.76. The zero-order valence-electron chi connectivity index (χ0n) is 11.9. The third kappa shape index (κ3) is 2.79. The van der Waals surface area contributed by atoms with Crippen LogP contribution >= 0.6 is 0 Å². The van der Waals surface area contributed by atoms with Crippen LogP contribution in [0.1, 0.15) is 42.5 Å². The molecule has 104 valence electrons. The predicted octanol–water partition coefficient (Wildman–Crippen LogP) is 2.77. The lowest BCUT2D eigenvalue weighted by Gasteiger charge is -2.19. The Labute approximate surface area is 119 Å². The fourth-order valence-corrected chi connectivity index (χ4v) is 2.70. The van der Waals surface area contributed by atoms with Crippen molar-refractivity contribution in [2.45, 2.75) is 39.0 Å². The lowest BCUT2D eigenvalue weighted by atomic mass is 9.96. The van der Waals surface area contributed by atoms with Gasteiger partial charge in [0.05, 0.1) is 6.42 Å². The first kappa shape index (κ1) is 13.0. The molecule has 0 spiro atoms. The zero-order chi connectivity index (χ0) is 13.8. The summed E-state index contributed by atoms with van der Waals surface area (Å²) in [5.41, 5.74) is 3.57. The van der Waals surface area contributed by atoms with Crippen LogP contribution in [0.3, 0.4) is 0 Å². The topological polar surface area (TPSA) is 50.7 Å². The number of nitrogens with zero attached hydrogens (tertiary/aromatic N) is 3. The average molecular weight is 268 g/mol. The Bertz CT molecular complexity index is 581. The SMILES string of the molecule is CCNc1nc(Cc2ccccn2)nc2c1CCCC2. The van der Waals surface area contributed by atoms with E-state index in [1.54, 1.807) is 0 Å². The van der Waals surface area contributed by atoms with Crippen molar-refractivity contribution in [1.82, 2.24) is 15.0 Å². The first-order valence-corrected chi connectivity index (χ1v) is 7.39. The normalized spacial score (nSPS) is 13.8. The largest absolute Gasteiger partial charge is 0.370 e. The molecule has 0 bridgehead atoms. The first-order chi connectivity index (χ1) is 9.86. The highest BCUT2D eigenvalue weighted by atomic mass is 15.0. The minimum Gasteiger partial charge on any atom is -0.370 e. The van der Waals surface area contributed by atoms with E-state index < -0.39 is 0 Å². The molecule has 1 N–H and O–H groups in total. The maximum atomic E-state index is 4.76. The van der Waals surface area contributed by atoms with Gasteiger partial charge in [-0.2, -0.15) is 0 Å². The van der Waals surface area contributed by atoms with Gasteiger partial charge in [0.25, 0.3) is 0 Å². The number of aromatic nitrogens is 3. The van der Waals surface area contributed by atoms with E-state index in [4.69, 9.17) is 9.97 Å². The summed E-state index contributed by atoms with van der Waals surface area (Å²) in [5.74, 6) is 1.91. The summed E-state index contributed by atoms with van der Waals surface area (Å²) in [5, 5.41) is 3.39. The molecule has 0 saturated carbocycles. The van der Waals surface area contributed by atoms with Gasteiger partial charge >= 0.3 is 0 Å². The van der Waals surface area contributed by atoms with E-state index in [2.05, 4.69) is 17.2 Å². The van der Waals surface area contributed by atoms with Gasteiger partial charge in [-0.3, -0.25) is 4.98 Å². The highest BCUT2D eigenvalue weighted by Gasteiger charge is 2.17. The monoisotopic (exact) mass is 268 g/mol. The van der Waals surface area contributed by atoms with Crippen LogP contribution in [0.2, 0.25) is 0 Å². The number of anilines is 1. The van der Waals surface area contributed by atoms with Crippen LogP contribution in [0, 0.1) is 0 Å². The molecular formula is C16H20N4. The van der Waals surface area contributed by atoms with Gasteiger partial charge in [-0.25, -0.2) is 9.97 Å². The van der Waals surface area contributed by atoms with Gasteiger partial charge in [0.15, 0.2) is 0 Å². The second-order valence-electron chi connectivity index (χ2n) is 5.15. The molecule has 4 nitrogen and oxygen atoms in total. The van der Waals surface area contributed by atoms with Gasteiger partial charge < -0.3 is 5.32 Å². The van der Waals surface area contributed by atoms with E-state index in [0.717, 1.165) is 36.7 Å². The van der Waals surface area contributed by atoms with Gasteiger partial charge in [-0.15, -0.1) is 0 Å². The Hall–Kier alpha value is -1.97. The molecule has 3 rings (SSSR count). The van der Waals surface area contributed by atoms with Gasteiger partial charge in [-0.05, 0) is 44.7 Å². The number of fused-ring (bicyclic) bond motifs is 1. The summed E-state index contributed by atoms with van der Waals surface area (Å²) < 4.78 is 0. The Kier molecular flexibility index (Phi) is 3.90. The molecule has 0 aliphatic heterocycles. The third-order valence-corrected chi connectivity index (χ3v) is 3.64. The highest BCUT2D eigenvalue weighted by molar-refractivity contribution is 5.48. The third-order valence-electron chi connectivity index (χ3n) is 3.64. The Morgan fingerprint density at radius 2 is 2.05 bits per heavy atom. The van der Waals surface area contributed by atoms with E-state index in [0.29, 0.717) is 6.42 Å². The summed E-state index contributed by atoms with van der Waals surface area (Å²) in [4.78, 5) is 13.8. The molecule has 0 fully saturated rings. The number of hydrogen-bond donors (Lipinski definition) is 1. The zero-order valence-corrected chi connectivity index (χ0v) is 11.9. The molecule has 0 radical (unpaired) electrons. The quantitative estimate of drug-likeness (QED) is 0.926. The summed E-state index contributed by atoms with van der Waals surface area (Å²) in [6.07, 6.45) is 7.17. The number of pyridine rings is 1. The number of aryl methyl sites for hydroxylation is 1. The summed E-state index contributed by atoms with van der Waals surface area (Å²) in [6, 6.07) is 5.96. The molecule has 4 heteroatoms. The van der Waals surface area contributed by atoms with Crippen molar-refractivity contribution in [2.24, 2.45) is 0 Å². The molecule has 2 aromatic heterocycles. The summed E-state index contributed by atoms with van der Waals surface area (Å²) >= 11 is 0. The number of hydrogen-bond acceptors (Lipinski definition) is 4. The van der Waals surface area contributed by atoms with Crippen LogP contribution in [0.25, 0.3) is 0 Å². The fraction of sp³-hybridized carbons (Fsp3) is 0.438. The second-order valence-corrected chi connectivity index (χ2v) is 5.15. The molecule has 0 unspecified atom stereocenters. The first-order valence-electron chi connectivity index (χ1n) is 7.39. The van der Waals surface area contributed by atoms with Crippen molar-refractivity contribution in [2.75, 3.05) is 11.9 Å². The molecule has 2 heterocycles. The smallest absolute Gasteiger partial charge is 0.136 e. The minimum absolute atomic E-state index is 0.701. The Morgan fingerprint density at radius 3 is 2.85 bits per heavy atom. The minimum atomic E-state index is 0.701. The Morgan fingerprint density at radius 1 is 1.15 bits per heavy atom. The van der Waals surface area contributed by atoms with Crippen molar-refractivity contribution in [3.8, 4) is 0 Å². The molecule has 0 amide bonds. The molecule has 0 saturated heterocycles. The molecule has 0 atom stereocenters. The van der Waals surface area contributed by atoms with Crippen molar-refractivity contribution in [3.63, 3.8) is 0 Å². The van der Waals surface area contributed by atoms with Crippen LogP contribution in [-0.2, 0) is 19.3 Å². The van der Waals surface area contributed by atoms with Gasteiger partial charge in [0.2, 0.25) is 0 Å². The van der Waals surface area contributed by atoms with Gasteiger partial charge in [0, 0.05) is 29.7 Å². The predicted molar refractivity (Wildman–Crippen MR) is 79.9 cm³/mol. The van der Waals surface area contributed by atoms with E-state index in [1.165, 1.54) is 24.1 Å². The fourth-order valence-electron chi connectivity index (χ4n) is 2.70. The van der Waals surface area contributed by atoms with E-state index in [-0.39, 0.29) is 0 Å². The lowest BCUT2D eigenvalue weighted by Crippen LogP contribution is -2.15. The second kappa shape index (κ2) is 5.99. The van der Waals surface area contributed by atoms with Crippen LogP contribution in [0.15, 0.2) is 24.4 Å². The highest BCUT2D eigenvalue weighted by Crippen LogP contribution is 2.25. The molecular weight excluding hydrogens is 248 g/mol. The molecule has 20 heavy (non-hydrogen) atoms. The van der Waals surface area contributed by atoms with Gasteiger partial charge in [-0.1, -0.05) is 6.07 Å². The summed E-state index contributed by atoms with van der Waals surface area (Å²) in [7, 11) is 0. The standard InChI is InChI=1S/C16H20N4/c1-2-17-16-13-8-3-4-9-14(13)19-15(20-16)11-12-7-5-6-10-18-12/h5-7,10H,2-4,8-9,11H2,1H3,(H,17,19,20). The van der Waals surface area contributed by atoms with Gasteiger partial charge in [0.1, 0.15) is 11.6 Å². The molecule has 2 aromatic rings. The van der Waals surface area contributed by atoms with Crippen molar-refractivity contribution >= 4 is 5.82 Å². The average Bonchev–Trinajstić information content (AvgIpc) is 2.49. The Balaban J connectivity index is 1.93. The number of rotatable bonds is 4. The van der Waals surface area contributed by atoms with Crippen molar-refractivity contribution < 1.29 is 0 Å². The van der Waals surface area contributed by atoms with Crippen LogP contribution in [-0.4, -0.2) is 21.5 Å². The van der Waals surface area contributed by atoms with E-state index in [1.807, 2.05) is 24.4 Å². The molecule has 0 aromatic carbocycles.